The molecule has 0 saturated carbocycles. The third kappa shape index (κ3) is 9.41. The average Bonchev–Trinajstić information content (AvgIpc) is 2.66. The smallest absolute Gasteiger partial charge is 0.191 e. The summed E-state index contributed by atoms with van der Waals surface area (Å²) in [6, 6.07) is 16.7. The number of benzene rings is 2. The minimum atomic E-state index is 0. The van der Waals surface area contributed by atoms with E-state index in [0.717, 1.165) is 37.8 Å². The molecule has 0 saturated heterocycles. The van der Waals surface area contributed by atoms with Gasteiger partial charge in [0.2, 0.25) is 0 Å². The zero-order chi connectivity index (χ0) is 19.5. The first-order valence-electron chi connectivity index (χ1n) is 9.43. The summed E-state index contributed by atoms with van der Waals surface area (Å²) in [7, 11) is 5.94. The largest absolute Gasteiger partial charge is 0.494 e. The number of nitrogens with zero attached hydrogens (tertiary/aromatic N) is 2. The molecule has 2 aromatic rings. The molecule has 0 amide bonds. The van der Waals surface area contributed by atoms with Crippen molar-refractivity contribution >= 4 is 29.9 Å². The minimum Gasteiger partial charge on any atom is -0.494 e. The van der Waals surface area contributed by atoms with Gasteiger partial charge < -0.3 is 20.3 Å². The molecule has 0 unspecified atom stereocenters. The van der Waals surface area contributed by atoms with Gasteiger partial charge in [-0.1, -0.05) is 42.0 Å². The number of rotatable bonds is 9. The van der Waals surface area contributed by atoms with E-state index in [-0.39, 0.29) is 24.0 Å². The van der Waals surface area contributed by atoms with Gasteiger partial charge in [-0.25, -0.2) is 0 Å². The van der Waals surface area contributed by atoms with Crippen LogP contribution in [0.25, 0.3) is 0 Å². The molecule has 2 aromatic carbocycles. The van der Waals surface area contributed by atoms with Gasteiger partial charge in [-0.3, -0.25) is 4.99 Å². The number of aryl methyl sites for hydroxylation is 1. The van der Waals surface area contributed by atoms with E-state index in [2.05, 4.69) is 77.9 Å². The van der Waals surface area contributed by atoms with Crippen LogP contribution in [0.1, 0.15) is 23.1 Å². The Kier molecular flexibility index (Phi) is 11.6. The van der Waals surface area contributed by atoms with Gasteiger partial charge in [-0.05, 0) is 50.7 Å². The van der Waals surface area contributed by atoms with Crippen molar-refractivity contribution in [3.05, 3.63) is 65.2 Å². The van der Waals surface area contributed by atoms with Crippen LogP contribution in [0, 0.1) is 6.92 Å². The molecule has 0 spiro atoms. The molecule has 0 aromatic heterocycles. The molecule has 0 radical (unpaired) electrons. The third-order valence-corrected chi connectivity index (χ3v) is 4.17. The minimum absolute atomic E-state index is 0. The van der Waals surface area contributed by atoms with E-state index in [4.69, 9.17) is 4.74 Å². The lowest BCUT2D eigenvalue weighted by molar-refractivity contribution is 0.281. The van der Waals surface area contributed by atoms with Gasteiger partial charge in [0.05, 0.1) is 6.61 Å². The maximum absolute atomic E-state index is 5.77. The predicted octanol–water partition coefficient (Wildman–Crippen LogP) is 3.81. The summed E-state index contributed by atoms with van der Waals surface area (Å²) in [6.45, 7) is 5.35. The first-order valence-corrected chi connectivity index (χ1v) is 9.43. The second kappa shape index (κ2) is 13.4. The standard InChI is InChI=1S/C22H32N4O.HI/c1-18-7-5-8-20(15-18)17-25-22(23-2)24-16-19-9-11-21(12-10-19)27-14-6-13-26(3)4;/h5,7-12,15H,6,13-14,16-17H2,1-4H3,(H2,23,24,25);1H. The molecular formula is C22H33IN4O. The second-order valence-corrected chi connectivity index (χ2v) is 6.92. The molecule has 0 aliphatic heterocycles. The normalized spacial score (nSPS) is 11.1. The lowest BCUT2D eigenvalue weighted by Gasteiger charge is -2.13. The van der Waals surface area contributed by atoms with E-state index in [1.54, 1.807) is 7.05 Å². The van der Waals surface area contributed by atoms with Gasteiger partial charge in [0.1, 0.15) is 5.75 Å². The van der Waals surface area contributed by atoms with Crippen LogP contribution in [0.15, 0.2) is 53.5 Å². The van der Waals surface area contributed by atoms with E-state index < -0.39 is 0 Å². The Balaban J connectivity index is 0.00000392. The van der Waals surface area contributed by atoms with Crippen LogP contribution in [-0.4, -0.2) is 45.2 Å². The monoisotopic (exact) mass is 496 g/mol. The Morgan fingerprint density at radius 1 is 1.00 bits per heavy atom. The Morgan fingerprint density at radius 2 is 1.68 bits per heavy atom. The van der Waals surface area contributed by atoms with Crippen LogP contribution >= 0.6 is 24.0 Å². The first-order chi connectivity index (χ1) is 13.1. The summed E-state index contributed by atoms with van der Waals surface area (Å²) in [4.78, 5) is 6.45. The quantitative estimate of drug-likeness (QED) is 0.240. The number of hydrogen-bond acceptors (Lipinski definition) is 3. The highest BCUT2D eigenvalue weighted by molar-refractivity contribution is 14.0. The van der Waals surface area contributed by atoms with Crippen LogP contribution in [0.5, 0.6) is 5.75 Å². The summed E-state index contributed by atoms with van der Waals surface area (Å²) in [5, 5.41) is 6.70. The summed E-state index contributed by atoms with van der Waals surface area (Å²) in [5.74, 6) is 1.71. The lowest BCUT2D eigenvalue weighted by atomic mass is 10.1. The van der Waals surface area contributed by atoms with E-state index >= 15 is 0 Å². The fraction of sp³-hybridized carbons (Fsp3) is 0.409. The van der Waals surface area contributed by atoms with Crippen molar-refractivity contribution in [1.82, 2.24) is 15.5 Å². The lowest BCUT2D eigenvalue weighted by Crippen LogP contribution is -2.36. The summed E-state index contributed by atoms with van der Waals surface area (Å²) >= 11 is 0. The number of nitrogens with one attached hydrogen (secondary N) is 2. The molecule has 0 aliphatic carbocycles. The number of ether oxygens (including phenoxy) is 1. The van der Waals surface area contributed by atoms with Crippen LogP contribution in [0.3, 0.4) is 0 Å². The maximum atomic E-state index is 5.77. The molecular weight excluding hydrogens is 463 g/mol. The Labute approximate surface area is 186 Å². The Morgan fingerprint density at radius 3 is 2.29 bits per heavy atom. The van der Waals surface area contributed by atoms with E-state index in [0.29, 0.717) is 6.54 Å². The summed E-state index contributed by atoms with van der Waals surface area (Å²) < 4.78 is 5.77. The van der Waals surface area contributed by atoms with Gasteiger partial charge in [0.15, 0.2) is 5.96 Å². The number of hydrogen-bond donors (Lipinski definition) is 2. The Hall–Kier alpha value is -1.80. The average molecular weight is 496 g/mol. The fourth-order valence-electron chi connectivity index (χ4n) is 2.69. The van der Waals surface area contributed by atoms with Gasteiger partial charge in [0, 0.05) is 26.7 Å². The highest BCUT2D eigenvalue weighted by Crippen LogP contribution is 2.12. The molecule has 0 aliphatic rings. The third-order valence-electron chi connectivity index (χ3n) is 4.17. The van der Waals surface area contributed by atoms with Gasteiger partial charge in [-0.2, -0.15) is 0 Å². The van der Waals surface area contributed by atoms with Crippen LogP contribution in [0.4, 0.5) is 0 Å². The molecule has 6 heteroatoms. The van der Waals surface area contributed by atoms with Crippen molar-refractivity contribution in [3.8, 4) is 5.75 Å². The number of halogens is 1. The molecule has 28 heavy (non-hydrogen) atoms. The molecule has 2 rings (SSSR count). The van der Waals surface area contributed by atoms with Crippen molar-refractivity contribution in [2.75, 3.05) is 34.3 Å². The molecule has 0 atom stereocenters. The zero-order valence-corrected chi connectivity index (χ0v) is 19.7. The van der Waals surface area contributed by atoms with Gasteiger partial charge in [-0.15, -0.1) is 24.0 Å². The predicted molar refractivity (Wildman–Crippen MR) is 129 cm³/mol. The number of guanidine groups is 1. The van der Waals surface area contributed by atoms with Crippen molar-refractivity contribution in [2.24, 2.45) is 4.99 Å². The first kappa shape index (κ1) is 24.2. The van der Waals surface area contributed by atoms with Crippen molar-refractivity contribution < 1.29 is 4.74 Å². The molecule has 5 nitrogen and oxygen atoms in total. The van der Waals surface area contributed by atoms with Crippen molar-refractivity contribution in [1.29, 1.82) is 0 Å². The topological polar surface area (TPSA) is 48.9 Å². The molecule has 0 bridgehead atoms. The Bertz CT molecular complexity index is 717. The molecule has 2 N–H and O–H groups in total. The summed E-state index contributed by atoms with van der Waals surface area (Å²) in [6.07, 6.45) is 1.03. The van der Waals surface area contributed by atoms with Crippen LogP contribution in [-0.2, 0) is 13.1 Å². The van der Waals surface area contributed by atoms with E-state index in [1.807, 2.05) is 12.1 Å². The van der Waals surface area contributed by atoms with E-state index in [9.17, 15) is 0 Å². The molecule has 0 fully saturated rings. The van der Waals surface area contributed by atoms with E-state index in [1.165, 1.54) is 16.7 Å². The van der Waals surface area contributed by atoms with Gasteiger partial charge in [0.25, 0.3) is 0 Å². The fourth-order valence-corrected chi connectivity index (χ4v) is 2.69. The van der Waals surface area contributed by atoms with Crippen molar-refractivity contribution in [2.45, 2.75) is 26.4 Å². The van der Waals surface area contributed by atoms with Crippen LogP contribution < -0.4 is 15.4 Å². The molecule has 0 heterocycles. The maximum Gasteiger partial charge on any atom is 0.191 e. The number of aliphatic imine (C=N–C) groups is 1. The highest BCUT2D eigenvalue weighted by Gasteiger charge is 2.01. The van der Waals surface area contributed by atoms with Crippen LogP contribution in [0.2, 0.25) is 0 Å². The van der Waals surface area contributed by atoms with Crippen molar-refractivity contribution in [3.63, 3.8) is 0 Å². The SMILES string of the molecule is CN=C(NCc1ccc(OCCCN(C)C)cc1)NCc1cccc(C)c1.I. The second-order valence-electron chi connectivity index (χ2n) is 6.92. The highest BCUT2D eigenvalue weighted by atomic mass is 127. The van der Waals surface area contributed by atoms with Gasteiger partial charge >= 0.3 is 0 Å². The zero-order valence-electron chi connectivity index (χ0n) is 17.4. The summed E-state index contributed by atoms with van der Waals surface area (Å²) in [5.41, 5.74) is 3.70. The molecule has 154 valence electrons.